The molecule has 1 aliphatic rings. The Morgan fingerprint density at radius 2 is 1.86 bits per heavy atom. The van der Waals surface area contributed by atoms with Crippen molar-refractivity contribution in [1.82, 2.24) is 0 Å². The van der Waals surface area contributed by atoms with E-state index in [0.717, 1.165) is 6.92 Å². The van der Waals surface area contributed by atoms with E-state index in [1.807, 2.05) is 0 Å². The molecule has 5 heteroatoms. The van der Waals surface area contributed by atoms with Gasteiger partial charge in [0.1, 0.15) is 5.92 Å². The molecule has 5 nitrogen and oxygen atoms in total. The molecule has 14 heavy (non-hydrogen) atoms. The molecule has 0 aromatic heterocycles. The van der Waals surface area contributed by atoms with E-state index in [9.17, 15) is 19.2 Å². The van der Waals surface area contributed by atoms with Crippen molar-refractivity contribution < 1.29 is 23.9 Å². The first-order valence-corrected chi connectivity index (χ1v) is 4.28. The normalized spacial score (nSPS) is 27.4. The van der Waals surface area contributed by atoms with Gasteiger partial charge in [-0.15, -0.1) is 0 Å². The molecule has 0 aliphatic carbocycles. The third-order valence-corrected chi connectivity index (χ3v) is 2.16. The van der Waals surface area contributed by atoms with Gasteiger partial charge in [-0.25, -0.2) is 0 Å². The van der Waals surface area contributed by atoms with Crippen molar-refractivity contribution in [2.45, 2.75) is 20.3 Å². The van der Waals surface area contributed by atoms with E-state index in [-0.39, 0.29) is 6.42 Å². The zero-order chi connectivity index (χ0) is 10.9. The van der Waals surface area contributed by atoms with Crippen LogP contribution in [0.1, 0.15) is 20.3 Å². The van der Waals surface area contributed by atoms with Crippen LogP contribution < -0.4 is 0 Å². The van der Waals surface area contributed by atoms with Gasteiger partial charge in [0, 0.05) is 0 Å². The average Bonchev–Trinajstić information content (AvgIpc) is 2.02. The Bertz CT molecular complexity index is 317. The van der Waals surface area contributed by atoms with Crippen molar-refractivity contribution in [3.63, 3.8) is 0 Å². The smallest absolute Gasteiger partial charge is 0.331 e. The van der Waals surface area contributed by atoms with Gasteiger partial charge in [0.15, 0.2) is 17.5 Å². The summed E-state index contributed by atoms with van der Waals surface area (Å²) in [5, 5.41) is 0. The van der Waals surface area contributed by atoms with E-state index >= 15 is 0 Å². The highest BCUT2D eigenvalue weighted by Crippen LogP contribution is 2.21. The highest BCUT2D eigenvalue weighted by molar-refractivity contribution is 6.25. The summed E-state index contributed by atoms with van der Waals surface area (Å²) in [5.41, 5.74) is 0. The van der Waals surface area contributed by atoms with Crippen LogP contribution in [0.4, 0.5) is 0 Å². The summed E-state index contributed by atoms with van der Waals surface area (Å²) in [4.78, 5) is 44.5. The fourth-order valence-electron chi connectivity index (χ4n) is 1.40. The van der Waals surface area contributed by atoms with Crippen LogP contribution in [0.5, 0.6) is 0 Å². The summed E-state index contributed by atoms with van der Waals surface area (Å²) < 4.78 is 4.31. The van der Waals surface area contributed by atoms with Gasteiger partial charge < -0.3 is 4.74 Å². The Morgan fingerprint density at radius 1 is 1.29 bits per heavy atom. The number of ether oxygens (including phenoxy) is 1. The molecule has 0 saturated carbocycles. The molecule has 1 fully saturated rings. The van der Waals surface area contributed by atoms with Gasteiger partial charge >= 0.3 is 11.9 Å². The Balaban J connectivity index is 3.00. The Labute approximate surface area is 80.4 Å². The van der Waals surface area contributed by atoms with Crippen LogP contribution in [0.3, 0.4) is 0 Å². The zero-order valence-electron chi connectivity index (χ0n) is 7.90. The molecule has 0 radical (unpaired) electrons. The fourth-order valence-corrected chi connectivity index (χ4v) is 1.40. The summed E-state index contributed by atoms with van der Waals surface area (Å²) in [6, 6.07) is 0. The van der Waals surface area contributed by atoms with Crippen LogP contribution in [0, 0.1) is 11.8 Å². The van der Waals surface area contributed by atoms with E-state index in [4.69, 9.17) is 0 Å². The van der Waals surface area contributed by atoms with Crippen molar-refractivity contribution in [2.24, 2.45) is 11.8 Å². The Kier molecular flexibility index (Phi) is 2.78. The van der Waals surface area contributed by atoms with Crippen LogP contribution in [0.2, 0.25) is 0 Å². The lowest BCUT2D eigenvalue weighted by atomic mass is 9.86. The monoisotopic (exact) mass is 198 g/mol. The Morgan fingerprint density at radius 3 is 2.29 bits per heavy atom. The molecule has 76 valence electrons. The molecule has 0 N–H and O–H groups in total. The first kappa shape index (κ1) is 10.6. The Hall–Kier alpha value is -1.52. The highest BCUT2D eigenvalue weighted by Gasteiger charge is 2.46. The lowest BCUT2D eigenvalue weighted by Crippen LogP contribution is -2.46. The topological polar surface area (TPSA) is 77.5 Å². The summed E-state index contributed by atoms with van der Waals surface area (Å²) >= 11 is 0. The standard InChI is InChI=1S/C9H10O5/c1-3-5-7(11)6(4(2)10)9(13)14-8(5)12/h5-6H,3H2,1-2H3. The van der Waals surface area contributed by atoms with Gasteiger partial charge in [-0.3, -0.25) is 19.2 Å². The zero-order valence-corrected chi connectivity index (χ0v) is 7.90. The molecule has 2 atom stereocenters. The van der Waals surface area contributed by atoms with Crippen LogP contribution in [-0.4, -0.2) is 23.5 Å². The molecular formula is C9H10O5. The second-order valence-electron chi connectivity index (χ2n) is 3.15. The number of rotatable bonds is 2. The predicted molar refractivity (Wildman–Crippen MR) is 44.1 cm³/mol. The molecule has 0 aromatic rings. The number of carbonyl (C=O) groups is 4. The van der Waals surface area contributed by atoms with E-state index in [1.54, 1.807) is 6.92 Å². The molecule has 1 aliphatic heterocycles. The molecule has 0 aromatic carbocycles. The third-order valence-electron chi connectivity index (χ3n) is 2.16. The van der Waals surface area contributed by atoms with Crippen LogP contribution in [0.25, 0.3) is 0 Å². The van der Waals surface area contributed by atoms with Gasteiger partial charge in [-0.2, -0.15) is 0 Å². The number of esters is 2. The van der Waals surface area contributed by atoms with E-state index in [1.165, 1.54) is 0 Å². The first-order chi connectivity index (χ1) is 6.49. The van der Waals surface area contributed by atoms with Gasteiger partial charge in [0.05, 0.1) is 0 Å². The molecule has 0 spiro atoms. The second-order valence-corrected chi connectivity index (χ2v) is 3.15. The SMILES string of the molecule is CCC1C(=O)OC(=O)C(C(C)=O)C1=O. The van der Waals surface area contributed by atoms with E-state index in [0.29, 0.717) is 0 Å². The van der Waals surface area contributed by atoms with Crippen molar-refractivity contribution in [3.8, 4) is 0 Å². The minimum Gasteiger partial charge on any atom is -0.392 e. The van der Waals surface area contributed by atoms with Gasteiger partial charge in [0.2, 0.25) is 0 Å². The molecule has 1 heterocycles. The summed E-state index contributed by atoms with van der Waals surface area (Å²) in [6.07, 6.45) is 0.245. The molecule has 2 unspecified atom stereocenters. The van der Waals surface area contributed by atoms with Crippen molar-refractivity contribution in [3.05, 3.63) is 0 Å². The maximum Gasteiger partial charge on any atom is 0.331 e. The van der Waals surface area contributed by atoms with Crippen LogP contribution in [0.15, 0.2) is 0 Å². The first-order valence-electron chi connectivity index (χ1n) is 4.28. The average molecular weight is 198 g/mol. The third kappa shape index (κ3) is 1.57. The second kappa shape index (κ2) is 3.69. The number of Topliss-reactive ketones (excluding diaryl/α,β-unsaturated/α-hetero) is 2. The quantitative estimate of drug-likeness (QED) is 0.456. The van der Waals surface area contributed by atoms with E-state index < -0.39 is 35.3 Å². The van der Waals surface area contributed by atoms with E-state index in [2.05, 4.69) is 4.74 Å². The molecule has 1 saturated heterocycles. The number of cyclic esters (lactones) is 2. The predicted octanol–water partition coefficient (Wildman–Crippen LogP) is -0.130. The molecule has 0 amide bonds. The highest BCUT2D eigenvalue weighted by atomic mass is 16.6. The number of hydrogen-bond acceptors (Lipinski definition) is 5. The lowest BCUT2D eigenvalue weighted by Gasteiger charge is -2.22. The summed E-state index contributed by atoms with van der Waals surface area (Å²) in [7, 11) is 0. The lowest BCUT2D eigenvalue weighted by molar-refractivity contribution is -0.174. The van der Waals surface area contributed by atoms with Crippen LogP contribution >= 0.6 is 0 Å². The molecular weight excluding hydrogens is 188 g/mol. The van der Waals surface area contributed by atoms with Crippen molar-refractivity contribution in [1.29, 1.82) is 0 Å². The maximum atomic E-state index is 11.5. The maximum absolute atomic E-state index is 11.5. The minimum atomic E-state index is -1.40. The summed E-state index contributed by atoms with van der Waals surface area (Å²) in [6.45, 7) is 2.75. The van der Waals surface area contributed by atoms with Crippen molar-refractivity contribution >= 4 is 23.5 Å². The van der Waals surface area contributed by atoms with Gasteiger partial charge in [-0.05, 0) is 13.3 Å². The number of ketones is 2. The number of carbonyl (C=O) groups excluding carboxylic acids is 4. The minimum absolute atomic E-state index is 0.245. The fraction of sp³-hybridized carbons (Fsp3) is 0.556. The van der Waals surface area contributed by atoms with Gasteiger partial charge in [0.25, 0.3) is 0 Å². The largest absolute Gasteiger partial charge is 0.392 e. The molecule has 1 rings (SSSR count). The number of hydrogen-bond donors (Lipinski definition) is 0. The van der Waals surface area contributed by atoms with Crippen LogP contribution in [-0.2, 0) is 23.9 Å². The molecule has 0 bridgehead atoms. The van der Waals surface area contributed by atoms with Gasteiger partial charge in [-0.1, -0.05) is 6.92 Å². The van der Waals surface area contributed by atoms with Crippen molar-refractivity contribution in [2.75, 3.05) is 0 Å². The summed E-state index contributed by atoms with van der Waals surface area (Å²) in [5.74, 6) is -5.48.